The molecule has 1 aromatic rings. The van der Waals surface area contributed by atoms with Gasteiger partial charge in [-0.05, 0) is 55.7 Å². The van der Waals surface area contributed by atoms with E-state index < -0.39 is 11.9 Å². The minimum atomic E-state index is -0.865. The van der Waals surface area contributed by atoms with Crippen molar-refractivity contribution < 1.29 is 34.1 Å². The number of carbonyl (C=O) groups is 4. The van der Waals surface area contributed by atoms with E-state index in [1.807, 2.05) is 53.7 Å². The molecule has 7 nitrogen and oxygen atoms in total. The van der Waals surface area contributed by atoms with Crippen molar-refractivity contribution in [1.82, 2.24) is 0 Å². The fraction of sp³-hybridized carbons (Fsp3) is 0.730. The van der Waals surface area contributed by atoms with Crippen molar-refractivity contribution in [2.75, 3.05) is 6.61 Å². The van der Waals surface area contributed by atoms with Crippen molar-refractivity contribution in [3.63, 3.8) is 0 Å². The molecular formula is C37H66O7. The number of aliphatic carboxylic acids is 1. The number of esters is 1. The maximum Gasteiger partial charge on any atom is 0.335 e. The third-order valence-electron chi connectivity index (χ3n) is 7.89. The third kappa shape index (κ3) is 25.8. The average Bonchev–Trinajstić information content (AvgIpc) is 3.04. The van der Waals surface area contributed by atoms with E-state index in [1.54, 1.807) is 19.1 Å². The van der Waals surface area contributed by atoms with Crippen LogP contribution in [0.15, 0.2) is 24.3 Å². The van der Waals surface area contributed by atoms with Crippen molar-refractivity contribution in [2.24, 2.45) is 17.8 Å². The van der Waals surface area contributed by atoms with Gasteiger partial charge in [-0.25, -0.2) is 4.79 Å². The summed E-state index contributed by atoms with van der Waals surface area (Å²) >= 11 is 0. The zero-order valence-corrected chi connectivity index (χ0v) is 29.7. The van der Waals surface area contributed by atoms with Gasteiger partial charge >= 0.3 is 17.9 Å². The highest BCUT2D eigenvalue weighted by atomic mass is 16.5. The van der Waals surface area contributed by atoms with Gasteiger partial charge in [-0.15, -0.1) is 0 Å². The minimum absolute atomic E-state index is 0.0338. The first-order valence-electron chi connectivity index (χ1n) is 17.0. The van der Waals surface area contributed by atoms with Gasteiger partial charge in [0.2, 0.25) is 0 Å². The number of hydrogen-bond donors (Lipinski definition) is 2. The van der Waals surface area contributed by atoms with Crippen LogP contribution in [-0.4, -0.2) is 40.5 Å². The van der Waals surface area contributed by atoms with E-state index in [-0.39, 0.29) is 23.7 Å². The molecule has 0 heterocycles. The Labute approximate surface area is 269 Å². The molecule has 44 heavy (non-hydrogen) atoms. The molecule has 256 valence electrons. The molecule has 4 atom stereocenters. The Balaban J connectivity index is -0.000000538. The third-order valence-corrected chi connectivity index (χ3v) is 7.89. The quantitative estimate of drug-likeness (QED) is 0.123. The molecule has 0 amide bonds. The molecule has 7 heteroatoms. The van der Waals surface area contributed by atoms with Crippen LogP contribution in [0.4, 0.5) is 0 Å². The van der Waals surface area contributed by atoms with Crippen LogP contribution < -0.4 is 0 Å². The highest BCUT2D eigenvalue weighted by molar-refractivity contribution is 5.87. The molecule has 0 spiro atoms. The van der Waals surface area contributed by atoms with Gasteiger partial charge in [-0.2, -0.15) is 0 Å². The van der Waals surface area contributed by atoms with Gasteiger partial charge in [0.25, 0.3) is 0 Å². The van der Waals surface area contributed by atoms with Gasteiger partial charge in [-0.1, -0.05) is 120 Å². The molecule has 2 N–H and O–H groups in total. The maximum absolute atomic E-state index is 11.3. The normalized spacial score (nSPS) is 12.8. The number of hydrogen-bond acceptors (Lipinski definition) is 5. The number of ketones is 1. The number of carbonyl (C=O) groups excluding carboxylic acids is 2. The van der Waals surface area contributed by atoms with Gasteiger partial charge in [0.05, 0.1) is 24.0 Å². The van der Waals surface area contributed by atoms with Crippen molar-refractivity contribution >= 4 is 23.7 Å². The van der Waals surface area contributed by atoms with Crippen molar-refractivity contribution in [3.8, 4) is 0 Å². The Morgan fingerprint density at radius 3 is 1.45 bits per heavy atom. The number of carboxylic acids is 2. The molecule has 0 fully saturated rings. The molecule has 0 saturated carbocycles. The topological polar surface area (TPSA) is 118 Å². The van der Waals surface area contributed by atoms with Crippen molar-refractivity contribution in [2.45, 2.75) is 152 Å². The molecule has 0 radical (unpaired) electrons. The van der Waals surface area contributed by atoms with Gasteiger partial charge in [0.1, 0.15) is 5.78 Å². The van der Waals surface area contributed by atoms with Crippen LogP contribution in [0.2, 0.25) is 0 Å². The second-order valence-corrected chi connectivity index (χ2v) is 11.6. The zero-order chi connectivity index (χ0) is 34.5. The van der Waals surface area contributed by atoms with Crippen LogP contribution in [0.25, 0.3) is 0 Å². The number of unbranched alkanes of at least 4 members (excludes halogenated alkanes) is 6. The van der Waals surface area contributed by atoms with Crippen LogP contribution in [0.1, 0.15) is 168 Å². The highest BCUT2D eigenvalue weighted by Gasteiger charge is 2.11. The van der Waals surface area contributed by atoms with E-state index in [0.29, 0.717) is 30.3 Å². The lowest BCUT2D eigenvalue weighted by Crippen LogP contribution is -2.14. The monoisotopic (exact) mass is 622 g/mol. The van der Waals surface area contributed by atoms with Crippen LogP contribution in [-0.2, 0) is 19.1 Å². The predicted molar refractivity (Wildman–Crippen MR) is 182 cm³/mol. The summed E-state index contributed by atoms with van der Waals surface area (Å²) in [7, 11) is 0. The minimum Gasteiger partial charge on any atom is -0.481 e. The molecule has 0 saturated heterocycles. The maximum atomic E-state index is 11.3. The smallest absolute Gasteiger partial charge is 0.335 e. The lowest BCUT2D eigenvalue weighted by atomic mass is 9.98. The molecule has 1 aromatic carbocycles. The number of carboxylic acid groups (broad SMARTS) is 2. The molecule has 0 aliphatic carbocycles. The van der Waals surface area contributed by atoms with Crippen LogP contribution >= 0.6 is 0 Å². The lowest BCUT2D eigenvalue weighted by molar-refractivity contribution is -0.148. The molecule has 0 aromatic heterocycles. The van der Waals surface area contributed by atoms with E-state index in [9.17, 15) is 19.2 Å². The van der Waals surface area contributed by atoms with Gasteiger partial charge in [0, 0.05) is 12.3 Å². The summed E-state index contributed by atoms with van der Waals surface area (Å²) in [4.78, 5) is 42.6. The molecule has 0 aliphatic rings. The first-order chi connectivity index (χ1) is 20.8. The number of aromatic carboxylic acids is 1. The van der Waals surface area contributed by atoms with Gasteiger partial charge in [-0.3, -0.25) is 14.4 Å². The summed E-state index contributed by atoms with van der Waals surface area (Å²) in [6.07, 6.45) is 13.2. The Bertz CT molecular complexity index is 863. The number of benzene rings is 1. The van der Waals surface area contributed by atoms with Gasteiger partial charge in [0.15, 0.2) is 0 Å². The Morgan fingerprint density at radius 2 is 1.11 bits per heavy atom. The number of Topliss-reactive ketones (excluding diaryl/α,β-unsaturated/α-hetero) is 1. The van der Waals surface area contributed by atoms with E-state index in [2.05, 4.69) is 20.8 Å². The molecule has 0 bridgehead atoms. The van der Waals surface area contributed by atoms with Crippen LogP contribution in [0.3, 0.4) is 0 Å². The van der Waals surface area contributed by atoms with Crippen LogP contribution in [0, 0.1) is 17.8 Å². The average molecular weight is 623 g/mol. The second-order valence-electron chi connectivity index (χ2n) is 11.6. The number of ether oxygens (including phenoxy) is 1. The second kappa shape index (κ2) is 30.3. The first-order valence-corrected chi connectivity index (χ1v) is 17.0. The van der Waals surface area contributed by atoms with E-state index in [0.717, 1.165) is 32.1 Å². The fourth-order valence-electron chi connectivity index (χ4n) is 3.48. The molecular weight excluding hydrogens is 556 g/mol. The van der Waals surface area contributed by atoms with Crippen molar-refractivity contribution in [3.05, 3.63) is 35.4 Å². The highest BCUT2D eigenvalue weighted by Crippen LogP contribution is 2.18. The Kier molecular flexibility index (Phi) is 31.5. The summed E-state index contributed by atoms with van der Waals surface area (Å²) in [5.41, 5.74) is 1.56. The first kappa shape index (κ1) is 45.7. The molecule has 4 unspecified atom stereocenters. The molecule has 0 aliphatic heterocycles. The molecule has 1 rings (SSSR count). The summed E-state index contributed by atoms with van der Waals surface area (Å²) in [5.74, 6) is -0.563. The largest absolute Gasteiger partial charge is 0.481 e. The number of rotatable bonds is 18. The summed E-state index contributed by atoms with van der Waals surface area (Å²) in [6, 6.07) is 7.09. The van der Waals surface area contributed by atoms with Gasteiger partial charge < -0.3 is 14.9 Å². The summed E-state index contributed by atoms with van der Waals surface area (Å²) in [6.45, 7) is 20.5. The Morgan fingerprint density at radius 1 is 0.636 bits per heavy atom. The zero-order valence-electron chi connectivity index (χ0n) is 29.7. The predicted octanol–water partition coefficient (Wildman–Crippen LogP) is 10.4. The van der Waals surface area contributed by atoms with Crippen LogP contribution in [0.5, 0.6) is 0 Å². The summed E-state index contributed by atoms with van der Waals surface area (Å²) in [5, 5.41) is 16.9. The van der Waals surface area contributed by atoms with E-state index >= 15 is 0 Å². The Hall–Kier alpha value is -2.70. The van der Waals surface area contributed by atoms with E-state index in [1.165, 1.54) is 44.1 Å². The van der Waals surface area contributed by atoms with Crippen molar-refractivity contribution in [1.29, 1.82) is 0 Å². The summed E-state index contributed by atoms with van der Waals surface area (Å²) < 4.78 is 5.18. The SMILES string of the molecule is CCC(=O)C(C)CC.CCC(C)C(=O)O.CCC(C)c1ccc(C(=O)O)cc1.CCCCCCCCCOC(=O)C(C)CC. The lowest BCUT2D eigenvalue weighted by Gasteiger charge is -2.08. The fourth-order valence-corrected chi connectivity index (χ4v) is 3.48. The van der Waals surface area contributed by atoms with E-state index in [4.69, 9.17) is 14.9 Å². The standard InChI is InChI=1S/C14H28O2.C11H14O2.C7H14O.C5H10O2/c1-4-6-7-8-9-10-11-12-16-14(15)13(3)5-2;1-3-8(2)9-4-6-10(7-5-9)11(12)13;1-4-6(3)7(8)5-2;1-3-4(2)5(6)7/h13H,4-12H2,1-3H3;4-8H,3H2,1-2H3,(H,12,13);6H,4-5H2,1-3H3;4H,3H2,1-2H3,(H,6,7).